The summed E-state index contributed by atoms with van der Waals surface area (Å²) in [6.45, 7) is 1.53. The first-order chi connectivity index (χ1) is 15.0. The number of methoxy groups -OCH3 is 1. The van der Waals surface area contributed by atoms with Gasteiger partial charge in [0.1, 0.15) is 23.0 Å². The van der Waals surface area contributed by atoms with E-state index < -0.39 is 5.97 Å². The van der Waals surface area contributed by atoms with Crippen molar-refractivity contribution in [2.24, 2.45) is 0 Å². The maximum atomic E-state index is 12.5. The minimum Gasteiger partial charge on any atom is -0.497 e. The molecule has 4 aromatic carbocycles. The average Bonchev–Trinajstić information content (AvgIpc) is 2.80. The highest BCUT2D eigenvalue weighted by atomic mass is 16.5. The van der Waals surface area contributed by atoms with Crippen LogP contribution in [0.5, 0.6) is 23.0 Å². The van der Waals surface area contributed by atoms with Crippen LogP contribution >= 0.6 is 0 Å². The molecule has 0 unspecified atom stereocenters. The Balaban J connectivity index is 1.44. The second kappa shape index (κ2) is 8.71. The SMILES string of the molecule is COc1ccc(Oc2ccc(OC(=O)c3ccc4cc(C(C)=O)ccc4c3)cc2)cc1. The fourth-order valence-corrected chi connectivity index (χ4v) is 3.11. The Labute approximate surface area is 179 Å². The molecular weight excluding hydrogens is 392 g/mol. The first-order valence-electron chi connectivity index (χ1n) is 9.71. The molecule has 0 saturated carbocycles. The smallest absolute Gasteiger partial charge is 0.343 e. The van der Waals surface area contributed by atoms with Crippen molar-refractivity contribution in [3.8, 4) is 23.0 Å². The number of ether oxygens (including phenoxy) is 3. The largest absolute Gasteiger partial charge is 0.497 e. The Morgan fingerprint density at radius 2 is 1.10 bits per heavy atom. The normalized spacial score (nSPS) is 10.5. The van der Waals surface area contributed by atoms with Crippen LogP contribution in [0, 0.1) is 0 Å². The molecule has 0 aliphatic rings. The number of hydrogen-bond donors (Lipinski definition) is 0. The molecule has 0 aromatic heterocycles. The molecule has 0 spiro atoms. The first kappa shape index (κ1) is 20.2. The lowest BCUT2D eigenvalue weighted by molar-refractivity contribution is 0.0734. The third-order valence-corrected chi connectivity index (χ3v) is 4.81. The Morgan fingerprint density at radius 1 is 0.613 bits per heavy atom. The summed E-state index contributed by atoms with van der Waals surface area (Å²) in [6, 6.07) is 24.7. The molecule has 0 saturated heterocycles. The van der Waals surface area contributed by atoms with Gasteiger partial charge in [0.15, 0.2) is 5.78 Å². The van der Waals surface area contributed by atoms with E-state index in [0.29, 0.717) is 28.4 Å². The van der Waals surface area contributed by atoms with Gasteiger partial charge >= 0.3 is 5.97 Å². The van der Waals surface area contributed by atoms with Crippen molar-refractivity contribution >= 4 is 22.5 Å². The summed E-state index contributed by atoms with van der Waals surface area (Å²) in [5.41, 5.74) is 1.07. The third-order valence-electron chi connectivity index (χ3n) is 4.81. The van der Waals surface area contributed by atoms with Crippen molar-refractivity contribution in [3.05, 3.63) is 96.1 Å². The molecule has 0 heterocycles. The fraction of sp³-hybridized carbons (Fsp3) is 0.0769. The van der Waals surface area contributed by atoms with Crippen LogP contribution in [0.4, 0.5) is 0 Å². The molecule has 154 valence electrons. The van der Waals surface area contributed by atoms with Gasteiger partial charge in [0, 0.05) is 5.56 Å². The summed E-state index contributed by atoms with van der Waals surface area (Å²) in [5.74, 6) is 2.01. The van der Waals surface area contributed by atoms with Gasteiger partial charge in [-0.1, -0.05) is 18.2 Å². The van der Waals surface area contributed by atoms with E-state index in [9.17, 15) is 9.59 Å². The molecule has 0 atom stereocenters. The summed E-state index contributed by atoms with van der Waals surface area (Å²) >= 11 is 0. The van der Waals surface area contributed by atoms with Crippen LogP contribution in [0.15, 0.2) is 84.9 Å². The standard InChI is InChI=1S/C26H20O5/c1-17(27)18-3-4-20-16-21(6-5-19(20)15-18)26(28)31-25-13-11-24(12-14-25)30-23-9-7-22(29-2)8-10-23/h3-16H,1-2H3. The van der Waals surface area contributed by atoms with Crippen LogP contribution < -0.4 is 14.2 Å². The number of benzene rings is 4. The minimum absolute atomic E-state index is 0.00445. The summed E-state index contributed by atoms with van der Waals surface area (Å²) < 4.78 is 16.4. The van der Waals surface area contributed by atoms with Crippen molar-refractivity contribution in [1.29, 1.82) is 0 Å². The van der Waals surface area contributed by atoms with E-state index in [-0.39, 0.29) is 5.78 Å². The van der Waals surface area contributed by atoms with Gasteiger partial charge in [0.05, 0.1) is 12.7 Å². The predicted octanol–water partition coefficient (Wildman–Crippen LogP) is 6.06. The first-order valence-corrected chi connectivity index (χ1v) is 9.71. The number of Topliss-reactive ketones (excluding diaryl/α,β-unsaturated/α-hetero) is 1. The van der Waals surface area contributed by atoms with Crippen molar-refractivity contribution in [1.82, 2.24) is 0 Å². The van der Waals surface area contributed by atoms with Gasteiger partial charge in [-0.25, -0.2) is 4.79 Å². The van der Waals surface area contributed by atoms with Crippen molar-refractivity contribution < 1.29 is 23.8 Å². The number of carbonyl (C=O) groups is 2. The van der Waals surface area contributed by atoms with Crippen molar-refractivity contribution in [2.75, 3.05) is 7.11 Å². The highest BCUT2D eigenvalue weighted by Gasteiger charge is 2.11. The molecule has 31 heavy (non-hydrogen) atoms. The number of hydrogen-bond acceptors (Lipinski definition) is 5. The summed E-state index contributed by atoms with van der Waals surface area (Å²) in [4.78, 5) is 24.1. The number of rotatable bonds is 6. The van der Waals surface area contributed by atoms with E-state index >= 15 is 0 Å². The molecule has 0 fully saturated rings. The zero-order valence-corrected chi connectivity index (χ0v) is 17.1. The minimum atomic E-state index is -0.457. The van der Waals surface area contributed by atoms with Crippen LogP contribution in [0.1, 0.15) is 27.6 Å². The molecule has 0 amide bonds. The van der Waals surface area contributed by atoms with Gasteiger partial charge in [-0.2, -0.15) is 0 Å². The zero-order valence-electron chi connectivity index (χ0n) is 17.1. The number of esters is 1. The highest BCUT2D eigenvalue weighted by molar-refractivity contribution is 6.00. The predicted molar refractivity (Wildman–Crippen MR) is 118 cm³/mol. The Kier molecular flexibility index (Phi) is 5.67. The number of ketones is 1. The van der Waals surface area contributed by atoms with Gasteiger partial charge in [-0.3, -0.25) is 4.79 Å². The Morgan fingerprint density at radius 3 is 1.65 bits per heavy atom. The van der Waals surface area contributed by atoms with Gasteiger partial charge in [-0.05, 0) is 84.4 Å². The summed E-state index contributed by atoms with van der Waals surface area (Å²) in [6.07, 6.45) is 0. The highest BCUT2D eigenvalue weighted by Crippen LogP contribution is 2.26. The molecule has 0 N–H and O–H groups in total. The Bertz CT molecular complexity index is 1240. The van der Waals surface area contributed by atoms with Crippen molar-refractivity contribution in [2.45, 2.75) is 6.92 Å². The Hall–Kier alpha value is -4.12. The van der Waals surface area contributed by atoms with E-state index in [1.165, 1.54) is 6.92 Å². The lowest BCUT2D eigenvalue weighted by Gasteiger charge is -2.09. The van der Waals surface area contributed by atoms with Gasteiger partial charge in [0.25, 0.3) is 0 Å². The molecular formula is C26H20O5. The average molecular weight is 412 g/mol. The third kappa shape index (κ3) is 4.73. The van der Waals surface area contributed by atoms with Gasteiger partial charge in [-0.15, -0.1) is 0 Å². The maximum Gasteiger partial charge on any atom is 0.343 e. The molecule has 0 radical (unpaired) electrons. The van der Waals surface area contributed by atoms with Gasteiger partial charge in [0.2, 0.25) is 0 Å². The van der Waals surface area contributed by atoms with Crippen LogP contribution in [0.25, 0.3) is 10.8 Å². The van der Waals surface area contributed by atoms with Gasteiger partial charge < -0.3 is 14.2 Å². The molecule has 5 nitrogen and oxygen atoms in total. The molecule has 5 heteroatoms. The molecule has 4 aromatic rings. The van der Waals surface area contributed by atoms with Crippen LogP contribution in [-0.4, -0.2) is 18.9 Å². The summed E-state index contributed by atoms with van der Waals surface area (Å²) in [7, 11) is 1.61. The molecule has 0 aliphatic heterocycles. The van der Waals surface area contributed by atoms with E-state index in [1.807, 2.05) is 42.5 Å². The fourth-order valence-electron chi connectivity index (χ4n) is 3.11. The zero-order chi connectivity index (χ0) is 21.8. The second-order valence-electron chi connectivity index (χ2n) is 6.97. The van der Waals surface area contributed by atoms with Crippen LogP contribution in [0.2, 0.25) is 0 Å². The monoisotopic (exact) mass is 412 g/mol. The lowest BCUT2D eigenvalue weighted by Crippen LogP contribution is -2.08. The maximum absolute atomic E-state index is 12.5. The topological polar surface area (TPSA) is 61.8 Å². The second-order valence-corrected chi connectivity index (χ2v) is 6.97. The molecule has 4 rings (SSSR count). The van der Waals surface area contributed by atoms with Crippen LogP contribution in [-0.2, 0) is 0 Å². The van der Waals surface area contributed by atoms with Crippen molar-refractivity contribution in [3.63, 3.8) is 0 Å². The number of fused-ring (bicyclic) bond motifs is 1. The van der Waals surface area contributed by atoms with E-state index in [4.69, 9.17) is 14.2 Å². The number of carbonyl (C=O) groups excluding carboxylic acids is 2. The molecule has 0 aliphatic carbocycles. The quantitative estimate of drug-likeness (QED) is 0.219. The summed E-state index contributed by atoms with van der Waals surface area (Å²) in [5, 5.41) is 1.76. The molecule has 0 bridgehead atoms. The van der Waals surface area contributed by atoms with E-state index in [1.54, 1.807) is 49.6 Å². The van der Waals surface area contributed by atoms with Crippen LogP contribution in [0.3, 0.4) is 0 Å². The van der Waals surface area contributed by atoms with E-state index in [0.717, 1.165) is 16.5 Å². The lowest BCUT2D eigenvalue weighted by atomic mass is 10.0. The van der Waals surface area contributed by atoms with E-state index in [2.05, 4.69) is 0 Å².